The Morgan fingerprint density at radius 2 is 2.00 bits per heavy atom. The first-order valence-corrected chi connectivity index (χ1v) is 6.68. The quantitative estimate of drug-likeness (QED) is 0.873. The third-order valence-electron chi connectivity index (χ3n) is 2.76. The summed E-state index contributed by atoms with van der Waals surface area (Å²) >= 11 is 1.27. The third-order valence-corrected chi connectivity index (χ3v) is 4.10. The van der Waals surface area contributed by atoms with Crippen molar-refractivity contribution < 1.29 is 13.9 Å². The number of nitrogens with two attached hydrogens (primary N) is 1. The average molecular weight is 279 g/mol. The van der Waals surface area contributed by atoms with E-state index in [1.54, 1.807) is 19.1 Å². The van der Waals surface area contributed by atoms with Gasteiger partial charge in [0.2, 0.25) is 0 Å². The SMILES string of the molecule is CCOC(=O)c1sc(-c2ccc(F)cc2)c(C)c1N. The minimum Gasteiger partial charge on any atom is -0.462 e. The molecule has 0 aliphatic carbocycles. The fourth-order valence-corrected chi connectivity index (χ4v) is 2.88. The van der Waals surface area contributed by atoms with Gasteiger partial charge in [0.05, 0.1) is 12.3 Å². The number of benzene rings is 1. The van der Waals surface area contributed by atoms with Gasteiger partial charge in [-0.1, -0.05) is 12.1 Å². The summed E-state index contributed by atoms with van der Waals surface area (Å²) in [5.74, 6) is -0.710. The third kappa shape index (κ3) is 2.61. The average Bonchev–Trinajstić information content (AvgIpc) is 2.68. The molecule has 1 heterocycles. The number of hydrogen-bond acceptors (Lipinski definition) is 4. The van der Waals surface area contributed by atoms with Gasteiger partial charge in [-0.05, 0) is 37.1 Å². The number of halogens is 1. The summed E-state index contributed by atoms with van der Waals surface area (Å²) in [6.07, 6.45) is 0. The predicted octanol–water partition coefficient (Wildman–Crippen LogP) is 3.62. The molecule has 0 fully saturated rings. The topological polar surface area (TPSA) is 52.3 Å². The van der Waals surface area contributed by atoms with Crippen LogP contribution in [0.5, 0.6) is 0 Å². The molecule has 0 radical (unpaired) electrons. The maximum atomic E-state index is 12.9. The second-order valence-electron chi connectivity index (χ2n) is 4.03. The van der Waals surface area contributed by atoms with Crippen molar-refractivity contribution in [2.24, 2.45) is 0 Å². The van der Waals surface area contributed by atoms with Crippen molar-refractivity contribution in [3.8, 4) is 10.4 Å². The molecule has 2 rings (SSSR count). The Bertz CT molecular complexity index is 605. The van der Waals surface area contributed by atoms with Gasteiger partial charge in [0.1, 0.15) is 10.7 Å². The van der Waals surface area contributed by atoms with E-state index in [9.17, 15) is 9.18 Å². The molecule has 0 amide bonds. The van der Waals surface area contributed by atoms with Gasteiger partial charge in [-0.2, -0.15) is 0 Å². The number of esters is 1. The molecule has 0 bridgehead atoms. The van der Waals surface area contributed by atoms with E-state index >= 15 is 0 Å². The van der Waals surface area contributed by atoms with E-state index in [1.807, 2.05) is 6.92 Å². The first kappa shape index (κ1) is 13.5. The highest BCUT2D eigenvalue weighted by Gasteiger charge is 2.20. The molecule has 1 aromatic carbocycles. The van der Waals surface area contributed by atoms with Gasteiger partial charge in [0, 0.05) is 4.88 Å². The standard InChI is InChI=1S/C14H14FNO2S/c1-3-18-14(17)13-11(16)8(2)12(19-13)9-4-6-10(15)7-5-9/h4-7H,3,16H2,1-2H3. The van der Waals surface area contributed by atoms with Gasteiger partial charge in [0.25, 0.3) is 0 Å². The fourth-order valence-electron chi connectivity index (χ4n) is 1.75. The highest BCUT2D eigenvalue weighted by molar-refractivity contribution is 7.18. The van der Waals surface area contributed by atoms with Crippen LogP contribution in [0.1, 0.15) is 22.2 Å². The number of carbonyl (C=O) groups excluding carboxylic acids is 1. The number of carbonyl (C=O) groups is 1. The maximum Gasteiger partial charge on any atom is 0.350 e. The zero-order valence-corrected chi connectivity index (χ0v) is 11.5. The highest BCUT2D eigenvalue weighted by Crippen LogP contribution is 2.38. The second-order valence-corrected chi connectivity index (χ2v) is 5.05. The van der Waals surface area contributed by atoms with Crippen molar-refractivity contribution in [3.05, 3.63) is 40.5 Å². The van der Waals surface area contributed by atoms with Gasteiger partial charge in [-0.3, -0.25) is 0 Å². The van der Waals surface area contributed by atoms with Crippen molar-refractivity contribution >= 4 is 23.0 Å². The van der Waals surface area contributed by atoms with Crippen LogP contribution in [0, 0.1) is 12.7 Å². The summed E-state index contributed by atoms with van der Waals surface area (Å²) in [7, 11) is 0. The van der Waals surface area contributed by atoms with Crippen LogP contribution >= 0.6 is 11.3 Å². The Balaban J connectivity index is 2.45. The summed E-state index contributed by atoms with van der Waals surface area (Å²) in [5.41, 5.74) is 8.03. The van der Waals surface area contributed by atoms with Crippen LogP contribution in [0.15, 0.2) is 24.3 Å². The number of nitrogen functional groups attached to an aromatic ring is 1. The zero-order valence-electron chi connectivity index (χ0n) is 10.7. The molecule has 0 unspecified atom stereocenters. The van der Waals surface area contributed by atoms with E-state index in [4.69, 9.17) is 10.5 Å². The normalized spacial score (nSPS) is 10.5. The molecule has 0 aliphatic rings. The van der Waals surface area contributed by atoms with Crippen molar-refractivity contribution in [2.75, 3.05) is 12.3 Å². The highest BCUT2D eigenvalue weighted by atomic mass is 32.1. The Kier molecular flexibility index (Phi) is 3.85. The fraction of sp³-hybridized carbons (Fsp3) is 0.214. The van der Waals surface area contributed by atoms with E-state index in [2.05, 4.69) is 0 Å². The first-order chi connectivity index (χ1) is 9.04. The zero-order chi connectivity index (χ0) is 14.0. The second kappa shape index (κ2) is 5.40. The minimum absolute atomic E-state index is 0.295. The lowest BCUT2D eigenvalue weighted by molar-refractivity contribution is 0.0533. The van der Waals surface area contributed by atoms with Crippen LogP contribution < -0.4 is 5.73 Å². The number of ether oxygens (including phenoxy) is 1. The molecule has 5 heteroatoms. The molecule has 2 aromatic rings. The predicted molar refractivity (Wildman–Crippen MR) is 74.8 cm³/mol. The summed E-state index contributed by atoms with van der Waals surface area (Å²) < 4.78 is 17.9. The largest absolute Gasteiger partial charge is 0.462 e. The van der Waals surface area contributed by atoms with E-state index < -0.39 is 5.97 Å². The molecule has 0 saturated carbocycles. The van der Waals surface area contributed by atoms with Gasteiger partial charge < -0.3 is 10.5 Å². The summed E-state index contributed by atoms with van der Waals surface area (Å²) in [6.45, 7) is 3.89. The van der Waals surface area contributed by atoms with E-state index in [-0.39, 0.29) is 5.82 Å². The summed E-state index contributed by atoms with van der Waals surface area (Å²) in [5, 5.41) is 0. The molecule has 3 nitrogen and oxygen atoms in total. The van der Waals surface area contributed by atoms with Gasteiger partial charge >= 0.3 is 5.97 Å². The molecule has 0 saturated heterocycles. The molecule has 19 heavy (non-hydrogen) atoms. The number of anilines is 1. The Morgan fingerprint density at radius 3 is 2.58 bits per heavy atom. The van der Waals surface area contributed by atoms with Crippen LogP contribution in [0.3, 0.4) is 0 Å². The molecule has 1 aromatic heterocycles. The molecular formula is C14H14FNO2S. The first-order valence-electron chi connectivity index (χ1n) is 5.86. The van der Waals surface area contributed by atoms with Gasteiger partial charge in [-0.15, -0.1) is 11.3 Å². The monoisotopic (exact) mass is 279 g/mol. The number of hydrogen-bond donors (Lipinski definition) is 1. The summed E-state index contributed by atoms with van der Waals surface area (Å²) in [4.78, 5) is 13.0. The van der Waals surface area contributed by atoms with Crippen LogP contribution in [-0.2, 0) is 4.74 Å². The van der Waals surface area contributed by atoms with Crippen molar-refractivity contribution in [2.45, 2.75) is 13.8 Å². The van der Waals surface area contributed by atoms with Gasteiger partial charge in [-0.25, -0.2) is 9.18 Å². The molecular weight excluding hydrogens is 265 g/mol. The van der Waals surface area contributed by atoms with Crippen LogP contribution in [0.25, 0.3) is 10.4 Å². The van der Waals surface area contributed by atoms with E-state index in [0.717, 1.165) is 16.0 Å². The van der Waals surface area contributed by atoms with Crippen LogP contribution in [0.4, 0.5) is 10.1 Å². The maximum absolute atomic E-state index is 12.9. The smallest absolute Gasteiger partial charge is 0.350 e. The molecule has 2 N–H and O–H groups in total. The number of thiophene rings is 1. The Morgan fingerprint density at radius 1 is 1.37 bits per heavy atom. The lowest BCUT2D eigenvalue weighted by Gasteiger charge is -1.99. The molecule has 100 valence electrons. The van der Waals surface area contributed by atoms with Crippen LogP contribution in [-0.4, -0.2) is 12.6 Å². The van der Waals surface area contributed by atoms with Crippen LogP contribution in [0.2, 0.25) is 0 Å². The molecule has 0 spiro atoms. The van der Waals surface area contributed by atoms with E-state index in [1.165, 1.54) is 23.5 Å². The molecule has 0 atom stereocenters. The van der Waals surface area contributed by atoms with Crippen molar-refractivity contribution in [1.29, 1.82) is 0 Å². The Labute approximate surface area is 114 Å². The number of rotatable bonds is 3. The minimum atomic E-state index is -0.415. The van der Waals surface area contributed by atoms with Gasteiger partial charge in [0.15, 0.2) is 0 Å². The lowest BCUT2D eigenvalue weighted by Crippen LogP contribution is -2.05. The Hall–Kier alpha value is -1.88. The lowest BCUT2D eigenvalue weighted by atomic mass is 10.1. The van der Waals surface area contributed by atoms with Crippen molar-refractivity contribution in [3.63, 3.8) is 0 Å². The molecule has 0 aliphatic heterocycles. The van der Waals surface area contributed by atoms with E-state index in [0.29, 0.717) is 17.2 Å². The van der Waals surface area contributed by atoms with Crippen molar-refractivity contribution in [1.82, 2.24) is 0 Å². The summed E-state index contributed by atoms with van der Waals surface area (Å²) in [6, 6.07) is 6.11.